The van der Waals surface area contributed by atoms with Crippen LogP contribution in [0.2, 0.25) is 0 Å². The molecule has 0 bridgehead atoms. The molecule has 2 heterocycles. The van der Waals surface area contributed by atoms with E-state index in [0.29, 0.717) is 36.4 Å². The Balaban J connectivity index is 1.73. The van der Waals surface area contributed by atoms with Crippen LogP contribution in [0.4, 0.5) is 52.7 Å². The zero-order chi connectivity index (χ0) is 51.0. The Hall–Kier alpha value is -6.65. The number of carbonyl (C=O) groups excluding carboxylic acids is 2. The Morgan fingerprint density at radius 3 is 1.19 bits per heavy atom. The van der Waals surface area contributed by atoms with E-state index in [4.69, 9.17) is 9.47 Å². The van der Waals surface area contributed by atoms with Crippen LogP contribution >= 0.6 is 11.8 Å². The van der Waals surface area contributed by atoms with Gasteiger partial charge in [0, 0.05) is 46.2 Å². The lowest BCUT2D eigenvalue weighted by molar-refractivity contribution is -0.164. The third-order valence-electron chi connectivity index (χ3n) is 11.2. The van der Waals surface area contributed by atoms with Gasteiger partial charge in [-0.25, -0.2) is 9.59 Å². The van der Waals surface area contributed by atoms with Gasteiger partial charge in [0.2, 0.25) is 11.8 Å². The highest BCUT2D eigenvalue weighted by Crippen LogP contribution is 2.56. The minimum absolute atomic E-state index is 0.0603. The Kier molecular flexibility index (Phi) is 14.8. The molecule has 0 aromatic heterocycles. The largest absolute Gasteiger partial charge is 0.496 e. The summed E-state index contributed by atoms with van der Waals surface area (Å²) in [5.74, 6) is -6.01. The molecule has 2 saturated heterocycles. The van der Waals surface area contributed by atoms with Crippen molar-refractivity contribution in [1.82, 2.24) is 9.80 Å². The van der Waals surface area contributed by atoms with Gasteiger partial charge in [-0.05, 0) is 84.4 Å². The number of hydrogen-bond acceptors (Lipinski definition) is 7. The minimum atomic E-state index is -6.15. The van der Waals surface area contributed by atoms with Crippen LogP contribution in [-0.4, -0.2) is 83.2 Å². The molecule has 2 aliphatic rings. The Morgan fingerprint density at radius 1 is 0.551 bits per heavy atom. The van der Waals surface area contributed by atoms with E-state index in [9.17, 15) is 29.4 Å². The molecule has 23 heteroatoms. The number of carboxylic acid groups (broad SMARTS) is 2. The molecule has 69 heavy (non-hydrogen) atoms. The fourth-order valence-corrected chi connectivity index (χ4v) is 9.61. The molecule has 368 valence electrons. The summed E-state index contributed by atoms with van der Waals surface area (Å²) in [5, 5.41) is 19.2. The molecule has 2 atom stereocenters. The second kappa shape index (κ2) is 19.8. The topological polar surface area (TPSA) is 134 Å². The van der Waals surface area contributed by atoms with Crippen LogP contribution in [0.5, 0.6) is 11.5 Å². The van der Waals surface area contributed by atoms with Crippen LogP contribution in [0, 0.1) is 0 Å². The minimum Gasteiger partial charge on any atom is -0.496 e. The third kappa shape index (κ3) is 10.8. The number of rotatable bonds is 12. The van der Waals surface area contributed by atoms with Crippen LogP contribution in [0.3, 0.4) is 0 Å². The third-order valence-corrected chi connectivity index (χ3v) is 12.3. The summed E-state index contributed by atoms with van der Waals surface area (Å²) in [6, 6.07) is 7.29. The summed E-state index contributed by atoms with van der Waals surface area (Å²) in [5.41, 5.74) is -15.8. The van der Waals surface area contributed by atoms with Gasteiger partial charge in [0.15, 0.2) is 0 Å². The molecule has 0 radical (unpaired) electrons. The first-order chi connectivity index (χ1) is 32.2. The molecule has 10 nitrogen and oxygen atoms in total. The summed E-state index contributed by atoms with van der Waals surface area (Å²) in [7, 11) is 2.04. The number of benzene rings is 4. The number of nitrogens with zero attached hydrogens (tertiary/aromatic N) is 2. The van der Waals surface area contributed by atoms with Crippen LogP contribution in [0.1, 0.15) is 59.1 Å². The number of alkyl halides is 12. The molecule has 2 aliphatic heterocycles. The van der Waals surface area contributed by atoms with E-state index >= 15 is 52.7 Å². The smallest absolute Gasteiger partial charge is 0.418 e. The van der Waals surface area contributed by atoms with Crippen LogP contribution < -0.4 is 9.47 Å². The molecule has 2 amide bonds. The molecular weight excluding hydrogens is 969 g/mol. The summed E-state index contributed by atoms with van der Waals surface area (Å²) in [4.78, 5) is 48.3. The predicted octanol–water partition coefficient (Wildman–Crippen LogP) is 11.4. The van der Waals surface area contributed by atoms with Crippen LogP contribution in [0.25, 0.3) is 34.4 Å². The van der Waals surface area contributed by atoms with Crippen molar-refractivity contribution in [1.29, 1.82) is 0 Å². The number of likely N-dealkylation sites (tertiary alicyclic amines) is 2. The molecule has 2 unspecified atom stereocenters. The molecule has 6 rings (SSSR count). The summed E-state index contributed by atoms with van der Waals surface area (Å²) >= 11 is -0.737. The van der Waals surface area contributed by atoms with E-state index in [0.717, 1.165) is 48.3 Å². The number of para-hydroxylation sites is 2. The quantitative estimate of drug-likeness (QED) is 0.105. The Bertz CT molecular complexity index is 2550. The highest BCUT2D eigenvalue weighted by Gasteiger charge is 2.51. The normalized spacial score (nSPS) is 17.0. The molecule has 0 saturated carbocycles. The lowest BCUT2D eigenvalue weighted by atomic mass is 9.90. The van der Waals surface area contributed by atoms with Crippen molar-refractivity contribution in [2.24, 2.45) is 0 Å². The Morgan fingerprint density at radius 2 is 0.884 bits per heavy atom. The summed E-state index contributed by atoms with van der Waals surface area (Å²) < 4.78 is 196. The van der Waals surface area contributed by atoms with Crippen molar-refractivity contribution in [3.8, 4) is 33.8 Å². The molecule has 4 aromatic carbocycles. The maximum Gasteiger partial charge on any atom is 0.418 e. The fourth-order valence-electron chi connectivity index (χ4n) is 8.38. The van der Waals surface area contributed by atoms with Gasteiger partial charge in [-0.1, -0.05) is 48.2 Å². The van der Waals surface area contributed by atoms with Crippen LogP contribution in [-0.2, 0) is 43.9 Å². The summed E-state index contributed by atoms with van der Waals surface area (Å²) in [6.07, 6.45) is -22.8. The fraction of sp³-hybridized carbons (Fsp3) is 0.304. The second-order valence-corrected chi connectivity index (χ2v) is 16.5. The first kappa shape index (κ1) is 51.7. The van der Waals surface area contributed by atoms with Crippen molar-refractivity contribution < 1.29 is 91.5 Å². The number of methoxy groups -OCH3 is 2. The average Bonchev–Trinajstić information content (AvgIpc) is 3.98. The van der Waals surface area contributed by atoms with Gasteiger partial charge in [0.05, 0.1) is 36.5 Å². The van der Waals surface area contributed by atoms with Gasteiger partial charge in [-0.2, -0.15) is 52.7 Å². The number of hydrogen-bond donors (Lipinski definition) is 2. The van der Waals surface area contributed by atoms with Crippen molar-refractivity contribution in [2.45, 2.75) is 72.3 Å². The van der Waals surface area contributed by atoms with E-state index in [-0.39, 0.29) is 50.3 Å². The monoisotopic (exact) mass is 1000 g/mol. The van der Waals surface area contributed by atoms with Gasteiger partial charge < -0.3 is 29.5 Å². The van der Waals surface area contributed by atoms with Gasteiger partial charge in [-0.3, -0.25) is 9.59 Å². The number of ether oxygens (including phenoxy) is 2. The molecule has 2 N–H and O–H groups in total. The molecule has 4 aromatic rings. The Labute approximate surface area is 387 Å². The lowest BCUT2D eigenvalue weighted by Gasteiger charge is -2.27. The van der Waals surface area contributed by atoms with Crippen molar-refractivity contribution in [2.75, 3.05) is 27.3 Å². The number of amides is 2. The zero-order valence-corrected chi connectivity index (χ0v) is 36.5. The van der Waals surface area contributed by atoms with Gasteiger partial charge >= 0.3 is 36.6 Å². The van der Waals surface area contributed by atoms with Crippen molar-refractivity contribution >= 4 is 47.7 Å². The number of aliphatic carboxylic acids is 2. The molecule has 0 spiro atoms. The average molecular weight is 1000 g/mol. The SMILES string of the molecule is COc1ccccc1-c1cc(Sc2cc(-c3ccccc3OC)c(C=CC(=O)N3CCCC3C(=O)O)c(C(F)(F)F)c2C(F)(F)F)c(C(F)(F)F)c(C(F)(F)F)c1C=CC(=O)N1CCCC1C(=O)O. The highest BCUT2D eigenvalue weighted by atomic mass is 32.2. The number of halogens is 12. The predicted molar refractivity (Wildman–Crippen MR) is 224 cm³/mol. The van der Waals surface area contributed by atoms with Crippen molar-refractivity contribution in [3.63, 3.8) is 0 Å². The van der Waals surface area contributed by atoms with Gasteiger partial charge in [0.25, 0.3) is 0 Å². The van der Waals surface area contributed by atoms with E-state index < -0.39 is 138 Å². The maximum atomic E-state index is 15.5. The zero-order valence-electron chi connectivity index (χ0n) is 35.7. The molecule has 2 fully saturated rings. The molecular formula is C46H36F12N2O8S. The standard InChI is InChI=1S/C46H36F12N2O8S/c1-67-31-13-5-3-9-23(31)27-21-33(39(45(53,54)55)37(43(47,48)49)25(27)15-17-35(61)59-19-7-11-29(59)41(63)64)69-34-22-28(24-10-4-6-14-32(24)68-2)26(38(44(50,51)52)40(34)46(56,57)58)16-18-36(62)60-20-8-12-30(60)42(65)66/h3-6,9-10,13-18,21-22,29-30H,7-8,11-12,19-20H2,1-2H3,(H,63,64)(H,65,66). The highest BCUT2D eigenvalue weighted by molar-refractivity contribution is 7.99. The maximum absolute atomic E-state index is 15.5. The number of carboxylic acids is 2. The number of carbonyl (C=O) groups is 4. The van der Waals surface area contributed by atoms with Crippen LogP contribution in [0.15, 0.2) is 82.6 Å². The van der Waals surface area contributed by atoms with Crippen molar-refractivity contribution in [3.05, 3.63) is 106 Å². The second-order valence-electron chi connectivity index (χ2n) is 15.4. The van der Waals surface area contributed by atoms with E-state index in [1.807, 2.05) is 0 Å². The molecule has 0 aliphatic carbocycles. The van der Waals surface area contributed by atoms with E-state index in [1.54, 1.807) is 0 Å². The van der Waals surface area contributed by atoms with E-state index in [2.05, 4.69) is 0 Å². The van der Waals surface area contributed by atoms with E-state index in [1.165, 1.54) is 24.3 Å². The first-order valence-electron chi connectivity index (χ1n) is 20.3. The lowest BCUT2D eigenvalue weighted by Crippen LogP contribution is -2.39. The van der Waals surface area contributed by atoms with Gasteiger partial charge in [0.1, 0.15) is 23.6 Å². The first-order valence-corrected chi connectivity index (χ1v) is 21.1. The van der Waals surface area contributed by atoms with Gasteiger partial charge in [-0.15, -0.1) is 0 Å². The summed E-state index contributed by atoms with van der Waals surface area (Å²) in [6.45, 7) is -0.385.